The highest BCUT2D eigenvalue weighted by molar-refractivity contribution is 9.10. The van der Waals surface area contributed by atoms with Crippen molar-refractivity contribution in [3.63, 3.8) is 0 Å². The lowest BCUT2D eigenvalue weighted by Crippen LogP contribution is -2.26. The summed E-state index contributed by atoms with van der Waals surface area (Å²) < 4.78 is 0.979. The molecule has 1 aromatic carbocycles. The molecule has 4 heteroatoms. The van der Waals surface area contributed by atoms with Crippen LogP contribution < -0.4 is 5.32 Å². The summed E-state index contributed by atoms with van der Waals surface area (Å²) in [6.45, 7) is 0.932. The van der Waals surface area contributed by atoms with Gasteiger partial charge in [-0.05, 0) is 59.1 Å². The van der Waals surface area contributed by atoms with Gasteiger partial charge in [0, 0.05) is 22.3 Å². The minimum Gasteiger partial charge on any atom is -0.310 e. The third kappa shape index (κ3) is 3.88. The number of thioether (sulfide) groups is 1. The fraction of sp³-hybridized carbons (Fsp3) is 0.538. The largest absolute Gasteiger partial charge is 0.310 e. The summed E-state index contributed by atoms with van der Waals surface area (Å²) in [6.07, 6.45) is 6.17. The molecule has 0 aromatic heterocycles. The lowest BCUT2D eigenvalue weighted by molar-refractivity contribution is 0.525. The zero-order valence-electron chi connectivity index (χ0n) is 9.88. The van der Waals surface area contributed by atoms with E-state index in [9.17, 15) is 0 Å². The highest BCUT2D eigenvalue weighted by Crippen LogP contribution is 2.28. The van der Waals surface area contributed by atoms with Crippen molar-refractivity contribution in [1.29, 1.82) is 0 Å². The Balaban J connectivity index is 1.84. The minimum atomic E-state index is 0.682. The molecule has 0 bridgehead atoms. The fourth-order valence-corrected chi connectivity index (χ4v) is 3.59. The Morgan fingerprint density at radius 1 is 1.47 bits per heavy atom. The van der Waals surface area contributed by atoms with Crippen molar-refractivity contribution >= 4 is 39.3 Å². The highest BCUT2D eigenvalue weighted by atomic mass is 79.9. The van der Waals surface area contributed by atoms with Gasteiger partial charge < -0.3 is 5.32 Å². The molecule has 0 aliphatic heterocycles. The number of rotatable bonds is 4. The number of benzene rings is 1. The number of hydrogen-bond acceptors (Lipinski definition) is 2. The first-order chi connectivity index (χ1) is 8.19. The van der Waals surface area contributed by atoms with Gasteiger partial charge in [-0.3, -0.25) is 0 Å². The second-order valence-electron chi connectivity index (χ2n) is 4.50. The Hall–Kier alpha value is 0.300. The van der Waals surface area contributed by atoms with Crippen LogP contribution in [0.25, 0.3) is 0 Å². The molecule has 1 nitrogen and oxygen atoms in total. The lowest BCUT2D eigenvalue weighted by atomic mass is 10.2. The second kappa shape index (κ2) is 6.46. The van der Waals surface area contributed by atoms with Crippen LogP contribution in [0.4, 0.5) is 0 Å². The standard InChI is InChI=1S/C13H17BrClNS/c1-17-11-4-3-10(7-11)16-8-9-2-5-13(15)12(14)6-9/h2,5-6,10-11,16H,3-4,7-8H2,1H3. The summed E-state index contributed by atoms with van der Waals surface area (Å²) >= 11 is 11.4. The van der Waals surface area contributed by atoms with Crippen molar-refractivity contribution in [2.45, 2.75) is 37.1 Å². The smallest absolute Gasteiger partial charge is 0.0548 e. The van der Waals surface area contributed by atoms with E-state index in [2.05, 4.69) is 39.6 Å². The Morgan fingerprint density at radius 3 is 2.94 bits per heavy atom. The average molecular weight is 335 g/mol. The van der Waals surface area contributed by atoms with Crippen LogP contribution in [0.3, 0.4) is 0 Å². The summed E-state index contributed by atoms with van der Waals surface area (Å²) in [6, 6.07) is 6.81. The summed E-state index contributed by atoms with van der Waals surface area (Å²) in [7, 11) is 0. The van der Waals surface area contributed by atoms with Gasteiger partial charge in [0.1, 0.15) is 0 Å². The van der Waals surface area contributed by atoms with E-state index in [1.807, 2.05) is 17.8 Å². The van der Waals surface area contributed by atoms with Gasteiger partial charge in [0.2, 0.25) is 0 Å². The Labute approximate surface area is 121 Å². The van der Waals surface area contributed by atoms with Crippen LogP contribution in [-0.4, -0.2) is 17.5 Å². The average Bonchev–Trinajstić information content (AvgIpc) is 2.79. The molecule has 0 spiro atoms. The van der Waals surface area contributed by atoms with Crippen molar-refractivity contribution in [1.82, 2.24) is 5.32 Å². The molecule has 1 aliphatic carbocycles. The fourth-order valence-electron chi connectivity index (χ4n) is 2.25. The molecule has 94 valence electrons. The SMILES string of the molecule is CSC1CCC(NCc2ccc(Cl)c(Br)c2)C1. The van der Waals surface area contributed by atoms with Gasteiger partial charge in [-0.25, -0.2) is 0 Å². The van der Waals surface area contributed by atoms with Gasteiger partial charge in [-0.15, -0.1) is 0 Å². The van der Waals surface area contributed by atoms with Crippen molar-refractivity contribution in [2.75, 3.05) is 6.26 Å². The van der Waals surface area contributed by atoms with Crippen LogP contribution in [0, 0.1) is 0 Å². The first kappa shape index (κ1) is 13.7. The van der Waals surface area contributed by atoms with Crippen LogP contribution >= 0.6 is 39.3 Å². The molecule has 1 N–H and O–H groups in total. The van der Waals surface area contributed by atoms with Gasteiger partial charge >= 0.3 is 0 Å². The van der Waals surface area contributed by atoms with Gasteiger partial charge in [-0.1, -0.05) is 17.7 Å². The van der Waals surface area contributed by atoms with E-state index in [-0.39, 0.29) is 0 Å². The van der Waals surface area contributed by atoms with Crippen LogP contribution in [0.2, 0.25) is 5.02 Å². The van der Waals surface area contributed by atoms with Crippen LogP contribution in [0.5, 0.6) is 0 Å². The Bertz CT molecular complexity index is 386. The Kier molecular flexibility index (Phi) is 5.22. The number of hydrogen-bond donors (Lipinski definition) is 1. The summed E-state index contributed by atoms with van der Waals surface area (Å²) in [5.74, 6) is 0. The number of nitrogens with one attached hydrogen (secondary N) is 1. The topological polar surface area (TPSA) is 12.0 Å². The van der Waals surface area contributed by atoms with Gasteiger partial charge in [0.05, 0.1) is 5.02 Å². The van der Waals surface area contributed by atoms with E-state index in [1.165, 1.54) is 24.8 Å². The molecule has 2 rings (SSSR count). The molecule has 1 saturated carbocycles. The first-order valence-corrected chi connectivity index (χ1v) is 8.35. The van der Waals surface area contributed by atoms with E-state index in [0.717, 1.165) is 21.3 Å². The van der Waals surface area contributed by atoms with E-state index >= 15 is 0 Å². The monoisotopic (exact) mass is 333 g/mol. The molecule has 2 atom stereocenters. The zero-order valence-corrected chi connectivity index (χ0v) is 13.0. The number of halogens is 2. The Morgan fingerprint density at radius 2 is 2.29 bits per heavy atom. The lowest BCUT2D eigenvalue weighted by Gasteiger charge is -2.13. The predicted octanol–water partition coefficient (Wildman–Crippen LogP) is 4.48. The van der Waals surface area contributed by atoms with Crippen LogP contribution in [0.15, 0.2) is 22.7 Å². The van der Waals surface area contributed by atoms with E-state index in [0.29, 0.717) is 6.04 Å². The first-order valence-electron chi connectivity index (χ1n) is 5.89. The molecule has 1 fully saturated rings. The van der Waals surface area contributed by atoms with E-state index < -0.39 is 0 Å². The normalized spacial score (nSPS) is 24.2. The van der Waals surface area contributed by atoms with Crippen molar-refractivity contribution in [3.05, 3.63) is 33.3 Å². The van der Waals surface area contributed by atoms with Crippen LogP contribution in [0.1, 0.15) is 24.8 Å². The summed E-state index contributed by atoms with van der Waals surface area (Å²) in [5.41, 5.74) is 1.29. The quantitative estimate of drug-likeness (QED) is 0.871. The molecular weight excluding hydrogens is 318 g/mol. The maximum absolute atomic E-state index is 5.98. The van der Waals surface area contributed by atoms with Gasteiger partial charge in [0.25, 0.3) is 0 Å². The molecule has 17 heavy (non-hydrogen) atoms. The van der Waals surface area contributed by atoms with Crippen LogP contribution in [-0.2, 0) is 6.54 Å². The second-order valence-corrected chi connectivity index (χ2v) is 6.90. The summed E-state index contributed by atoms with van der Waals surface area (Å²) in [5, 5.41) is 5.26. The molecule has 0 amide bonds. The third-order valence-corrected chi connectivity index (χ3v) is 5.61. The molecule has 0 radical (unpaired) electrons. The molecule has 0 heterocycles. The van der Waals surface area contributed by atoms with Gasteiger partial charge in [0.15, 0.2) is 0 Å². The molecule has 1 aliphatic rings. The van der Waals surface area contributed by atoms with Crippen molar-refractivity contribution < 1.29 is 0 Å². The zero-order chi connectivity index (χ0) is 12.3. The summed E-state index contributed by atoms with van der Waals surface area (Å²) in [4.78, 5) is 0. The van der Waals surface area contributed by atoms with E-state index in [4.69, 9.17) is 11.6 Å². The maximum Gasteiger partial charge on any atom is 0.0548 e. The van der Waals surface area contributed by atoms with Crippen molar-refractivity contribution in [2.24, 2.45) is 0 Å². The predicted molar refractivity (Wildman–Crippen MR) is 80.9 cm³/mol. The molecule has 2 unspecified atom stereocenters. The molecule has 0 saturated heterocycles. The highest BCUT2D eigenvalue weighted by Gasteiger charge is 2.23. The maximum atomic E-state index is 5.98. The minimum absolute atomic E-state index is 0.682. The van der Waals surface area contributed by atoms with E-state index in [1.54, 1.807) is 0 Å². The molecular formula is C13H17BrClNS. The molecule has 1 aromatic rings. The third-order valence-electron chi connectivity index (χ3n) is 3.30. The van der Waals surface area contributed by atoms with Crippen molar-refractivity contribution in [3.8, 4) is 0 Å². The van der Waals surface area contributed by atoms with Gasteiger partial charge in [-0.2, -0.15) is 11.8 Å².